The van der Waals surface area contributed by atoms with Crippen LogP contribution in [-0.2, 0) is 26.0 Å². The molecule has 1 heterocycles. The molecule has 0 saturated carbocycles. The predicted octanol–water partition coefficient (Wildman–Crippen LogP) is 2.57. The van der Waals surface area contributed by atoms with Crippen LogP contribution in [0.4, 0.5) is 0 Å². The number of hydrogen-bond donors (Lipinski definition) is 1. The second-order valence-electron chi connectivity index (χ2n) is 6.66. The van der Waals surface area contributed by atoms with Crippen molar-refractivity contribution in [3.05, 3.63) is 66.2 Å². The summed E-state index contributed by atoms with van der Waals surface area (Å²) in [6, 6.07) is 17.5. The molecule has 0 aromatic heterocycles. The fourth-order valence-corrected chi connectivity index (χ4v) is 5.20. The summed E-state index contributed by atoms with van der Waals surface area (Å²) in [5.74, 6) is -0.480. The first kappa shape index (κ1) is 18.6. The Kier molecular flexibility index (Phi) is 5.74. The number of sulfone groups is 1. The second-order valence-corrected chi connectivity index (χ2v) is 8.83. The van der Waals surface area contributed by atoms with Gasteiger partial charge in [0.1, 0.15) is 12.6 Å². The molecule has 3 rings (SSSR count). The van der Waals surface area contributed by atoms with E-state index in [0.717, 1.165) is 5.56 Å². The minimum Gasteiger partial charge on any atom is -0.460 e. The van der Waals surface area contributed by atoms with Gasteiger partial charge >= 0.3 is 5.97 Å². The number of nitrogens with one attached hydrogen (secondary N) is 1. The van der Waals surface area contributed by atoms with Gasteiger partial charge in [0, 0.05) is 6.54 Å². The van der Waals surface area contributed by atoms with Crippen molar-refractivity contribution in [2.75, 3.05) is 6.54 Å². The summed E-state index contributed by atoms with van der Waals surface area (Å²) in [6.07, 6.45) is 0.435. The Labute approximate surface area is 154 Å². The van der Waals surface area contributed by atoms with Crippen LogP contribution < -0.4 is 5.32 Å². The van der Waals surface area contributed by atoms with Crippen molar-refractivity contribution >= 4 is 15.8 Å². The van der Waals surface area contributed by atoms with Crippen molar-refractivity contribution in [1.82, 2.24) is 5.32 Å². The Bertz CT molecular complexity index is 837. The second kappa shape index (κ2) is 8.01. The molecule has 26 heavy (non-hydrogen) atoms. The first-order valence-corrected chi connectivity index (χ1v) is 10.3. The maximum atomic E-state index is 12.8. The highest BCUT2D eigenvalue weighted by atomic mass is 32.2. The summed E-state index contributed by atoms with van der Waals surface area (Å²) in [6.45, 7) is 2.34. The molecule has 1 saturated heterocycles. The van der Waals surface area contributed by atoms with E-state index in [1.165, 1.54) is 0 Å². The van der Waals surface area contributed by atoms with E-state index < -0.39 is 21.1 Å². The van der Waals surface area contributed by atoms with Crippen molar-refractivity contribution in [1.29, 1.82) is 0 Å². The highest BCUT2D eigenvalue weighted by molar-refractivity contribution is 7.92. The number of carbonyl (C=O) groups excluding carboxylic acids is 1. The molecule has 0 amide bonds. The minimum absolute atomic E-state index is 0.143. The average Bonchev–Trinajstić information content (AvgIpc) is 2.67. The van der Waals surface area contributed by atoms with Gasteiger partial charge in [-0.15, -0.1) is 0 Å². The number of rotatable bonds is 5. The van der Waals surface area contributed by atoms with E-state index >= 15 is 0 Å². The molecule has 0 spiro atoms. The van der Waals surface area contributed by atoms with Gasteiger partial charge in [-0.25, -0.2) is 8.42 Å². The van der Waals surface area contributed by atoms with Gasteiger partial charge in [-0.2, -0.15) is 0 Å². The van der Waals surface area contributed by atoms with Crippen LogP contribution in [0.25, 0.3) is 0 Å². The molecule has 3 atom stereocenters. The summed E-state index contributed by atoms with van der Waals surface area (Å²) >= 11 is 0. The van der Waals surface area contributed by atoms with Crippen LogP contribution in [0.2, 0.25) is 0 Å². The van der Waals surface area contributed by atoms with E-state index in [-0.39, 0.29) is 25.0 Å². The predicted molar refractivity (Wildman–Crippen MR) is 99.2 cm³/mol. The van der Waals surface area contributed by atoms with Crippen molar-refractivity contribution in [2.24, 2.45) is 5.92 Å². The molecule has 1 aliphatic heterocycles. The summed E-state index contributed by atoms with van der Waals surface area (Å²) in [5.41, 5.74) is 0.925. The topological polar surface area (TPSA) is 72.5 Å². The van der Waals surface area contributed by atoms with Crippen molar-refractivity contribution in [3.63, 3.8) is 0 Å². The van der Waals surface area contributed by atoms with E-state index in [4.69, 9.17) is 4.74 Å². The average molecular weight is 373 g/mol. The largest absolute Gasteiger partial charge is 0.460 e. The maximum absolute atomic E-state index is 12.8. The van der Waals surface area contributed by atoms with Crippen molar-refractivity contribution in [2.45, 2.75) is 36.1 Å². The molecule has 1 aliphatic rings. The van der Waals surface area contributed by atoms with Gasteiger partial charge in [0.05, 0.1) is 10.1 Å². The highest BCUT2D eigenvalue weighted by Crippen LogP contribution is 2.27. The van der Waals surface area contributed by atoms with Crippen molar-refractivity contribution < 1.29 is 17.9 Å². The number of esters is 1. The van der Waals surface area contributed by atoms with Gasteiger partial charge in [-0.1, -0.05) is 55.5 Å². The van der Waals surface area contributed by atoms with Crippen LogP contribution in [0, 0.1) is 5.92 Å². The summed E-state index contributed by atoms with van der Waals surface area (Å²) in [7, 11) is -3.43. The number of piperidine rings is 1. The van der Waals surface area contributed by atoms with Crippen LogP contribution in [0.5, 0.6) is 0 Å². The van der Waals surface area contributed by atoms with Crippen LogP contribution in [0.15, 0.2) is 65.6 Å². The van der Waals surface area contributed by atoms with Gasteiger partial charge in [0.2, 0.25) is 0 Å². The molecule has 1 N–H and O–H groups in total. The van der Waals surface area contributed by atoms with Gasteiger partial charge in [0.15, 0.2) is 9.84 Å². The Morgan fingerprint density at radius 2 is 1.69 bits per heavy atom. The molecule has 2 aromatic rings. The third-order valence-electron chi connectivity index (χ3n) is 4.79. The Morgan fingerprint density at radius 1 is 1.08 bits per heavy atom. The van der Waals surface area contributed by atoms with E-state index in [2.05, 4.69) is 5.32 Å². The molecule has 5 nitrogen and oxygen atoms in total. The Balaban J connectivity index is 1.60. The summed E-state index contributed by atoms with van der Waals surface area (Å²) in [5, 5.41) is 2.51. The Morgan fingerprint density at radius 3 is 2.31 bits per heavy atom. The lowest BCUT2D eigenvalue weighted by Crippen LogP contribution is -2.52. The van der Waals surface area contributed by atoms with Crippen LogP contribution in [0.3, 0.4) is 0 Å². The maximum Gasteiger partial charge on any atom is 0.323 e. The minimum atomic E-state index is -3.43. The molecule has 0 unspecified atom stereocenters. The van der Waals surface area contributed by atoms with E-state index in [1.54, 1.807) is 30.3 Å². The third kappa shape index (κ3) is 4.14. The Hall–Kier alpha value is -2.18. The standard InChI is InChI=1S/C20H23NO4S/c1-15-12-18(20(22)25-14-16-8-4-2-5-9-16)21-13-19(15)26(23,24)17-10-6-3-7-11-17/h2-11,15,18-19,21H,12-14H2,1H3/t15-,18-,19-/m0/s1. The van der Waals surface area contributed by atoms with Crippen LogP contribution in [-0.4, -0.2) is 32.2 Å². The normalized spacial score (nSPS) is 23.3. The molecule has 1 fully saturated rings. The van der Waals surface area contributed by atoms with Gasteiger partial charge in [-0.3, -0.25) is 4.79 Å². The monoisotopic (exact) mass is 373 g/mol. The number of hydrogen-bond acceptors (Lipinski definition) is 5. The fraction of sp³-hybridized carbons (Fsp3) is 0.350. The third-order valence-corrected chi connectivity index (χ3v) is 7.14. The summed E-state index contributed by atoms with van der Waals surface area (Å²) < 4.78 is 31.0. The first-order chi connectivity index (χ1) is 12.5. The number of ether oxygens (including phenoxy) is 1. The van der Waals surface area contributed by atoms with E-state index in [0.29, 0.717) is 11.3 Å². The molecule has 6 heteroatoms. The highest BCUT2D eigenvalue weighted by Gasteiger charge is 2.39. The van der Waals surface area contributed by atoms with Crippen LogP contribution in [0.1, 0.15) is 18.9 Å². The molecule has 138 valence electrons. The zero-order valence-electron chi connectivity index (χ0n) is 14.7. The molecular formula is C20H23NO4S. The lowest BCUT2D eigenvalue weighted by molar-refractivity contribution is -0.148. The molecule has 0 radical (unpaired) electrons. The quantitative estimate of drug-likeness (QED) is 0.816. The lowest BCUT2D eigenvalue weighted by atomic mass is 9.94. The molecule has 2 aromatic carbocycles. The number of benzene rings is 2. The number of carbonyl (C=O) groups is 1. The van der Waals surface area contributed by atoms with E-state index in [1.807, 2.05) is 37.3 Å². The molecular weight excluding hydrogens is 350 g/mol. The smallest absolute Gasteiger partial charge is 0.323 e. The first-order valence-electron chi connectivity index (χ1n) is 8.71. The fourth-order valence-electron chi connectivity index (χ4n) is 3.28. The lowest BCUT2D eigenvalue weighted by Gasteiger charge is -2.33. The van der Waals surface area contributed by atoms with Crippen molar-refractivity contribution in [3.8, 4) is 0 Å². The molecule has 0 aliphatic carbocycles. The zero-order valence-corrected chi connectivity index (χ0v) is 15.5. The van der Waals surface area contributed by atoms with Crippen LogP contribution >= 0.6 is 0 Å². The molecule has 0 bridgehead atoms. The SMILES string of the molecule is C[C@H]1C[C@@H](C(=O)OCc2ccccc2)NC[C@@H]1S(=O)(=O)c1ccccc1. The summed E-state index contributed by atoms with van der Waals surface area (Å²) in [4.78, 5) is 12.6. The van der Waals surface area contributed by atoms with Gasteiger partial charge in [-0.05, 0) is 30.0 Å². The zero-order chi connectivity index (χ0) is 18.6. The van der Waals surface area contributed by atoms with Gasteiger partial charge < -0.3 is 10.1 Å². The van der Waals surface area contributed by atoms with Gasteiger partial charge in [0.25, 0.3) is 0 Å². The van der Waals surface area contributed by atoms with E-state index in [9.17, 15) is 13.2 Å².